The van der Waals surface area contributed by atoms with E-state index >= 15 is 0 Å². The number of likely N-dealkylation sites (N-methyl/N-ethyl adjacent to an activating group) is 1. The monoisotopic (exact) mass is 393 g/mol. The molecule has 5 rings (SSSR count). The minimum absolute atomic E-state index is 0.0603. The van der Waals surface area contributed by atoms with Crippen molar-refractivity contribution in [2.24, 2.45) is 0 Å². The first kappa shape index (κ1) is 18.3. The Bertz CT molecular complexity index is 958. The van der Waals surface area contributed by atoms with Gasteiger partial charge in [-0.3, -0.25) is 9.69 Å². The molecule has 1 N–H and O–H groups in total. The molecule has 3 aliphatic heterocycles. The fourth-order valence-corrected chi connectivity index (χ4v) is 4.86. The molecule has 1 amide bonds. The summed E-state index contributed by atoms with van der Waals surface area (Å²) in [4.78, 5) is 18.0. The van der Waals surface area contributed by atoms with Gasteiger partial charge in [0.05, 0.1) is 6.04 Å². The van der Waals surface area contributed by atoms with E-state index in [0.29, 0.717) is 12.1 Å². The van der Waals surface area contributed by atoms with Gasteiger partial charge < -0.3 is 19.7 Å². The molecule has 152 valence electrons. The zero-order chi connectivity index (χ0) is 20.1. The molecule has 0 saturated carbocycles. The molecule has 3 aliphatic rings. The van der Waals surface area contributed by atoms with Gasteiger partial charge in [-0.25, -0.2) is 0 Å². The largest absolute Gasteiger partial charge is 0.454 e. The first-order chi connectivity index (χ1) is 14.0. The molecule has 2 aromatic rings. The zero-order valence-corrected chi connectivity index (χ0v) is 17.1. The molecular weight excluding hydrogens is 366 g/mol. The molecule has 2 saturated heterocycles. The molecule has 6 heteroatoms. The number of fused-ring (bicyclic) bond motifs is 3. The first-order valence-electron chi connectivity index (χ1n) is 10.3. The molecule has 6 nitrogen and oxygen atoms in total. The van der Waals surface area contributed by atoms with E-state index in [0.717, 1.165) is 47.0 Å². The van der Waals surface area contributed by atoms with Crippen LogP contribution in [0.3, 0.4) is 0 Å². The molecule has 0 aliphatic carbocycles. The number of hydrogen-bond donors (Lipinski definition) is 1. The number of ether oxygens (including phenoxy) is 2. The van der Waals surface area contributed by atoms with Crippen molar-refractivity contribution in [2.75, 3.05) is 31.8 Å². The van der Waals surface area contributed by atoms with Crippen molar-refractivity contribution in [1.29, 1.82) is 0 Å². The molecule has 2 aromatic carbocycles. The second-order valence-electron chi connectivity index (χ2n) is 8.41. The molecule has 29 heavy (non-hydrogen) atoms. The van der Waals surface area contributed by atoms with E-state index in [4.69, 9.17) is 9.47 Å². The Morgan fingerprint density at radius 3 is 2.79 bits per heavy atom. The summed E-state index contributed by atoms with van der Waals surface area (Å²) in [6.45, 7) is 6.32. The van der Waals surface area contributed by atoms with Gasteiger partial charge in [-0.2, -0.15) is 0 Å². The van der Waals surface area contributed by atoms with Crippen LogP contribution in [0.25, 0.3) is 0 Å². The van der Waals surface area contributed by atoms with E-state index in [1.807, 2.05) is 38.1 Å². The van der Waals surface area contributed by atoms with Crippen LogP contribution >= 0.6 is 0 Å². The van der Waals surface area contributed by atoms with Gasteiger partial charge in [0.1, 0.15) is 0 Å². The predicted octanol–water partition coefficient (Wildman–Crippen LogP) is 3.11. The third-order valence-corrected chi connectivity index (χ3v) is 6.55. The van der Waals surface area contributed by atoms with Crippen molar-refractivity contribution in [3.05, 3.63) is 53.1 Å². The smallest absolute Gasteiger partial charge is 0.252 e. The lowest BCUT2D eigenvalue weighted by Gasteiger charge is -2.34. The SMILES string of the molecule is Cc1ccc(N2C[C@H]3C[C@@H]2CN3C)cc1C(=O)N[C@H](C)c1cccc2c1OCO2. The summed E-state index contributed by atoms with van der Waals surface area (Å²) in [5.74, 6) is 1.40. The van der Waals surface area contributed by atoms with Crippen LogP contribution in [0, 0.1) is 6.92 Å². The van der Waals surface area contributed by atoms with Crippen LogP contribution in [0.4, 0.5) is 5.69 Å². The molecule has 0 aromatic heterocycles. The number of aryl methyl sites for hydroxylation is 1. The number of hydrogen-bond acceptors (Lipinski definition) is 5. The van der Waals surface area contributed by atoms with E-state index < -0.39 is 0 Å². The van der Waals surface area contributed by atoms with Crippen LogP contribution < -0.4 is 19.7 Å². The maximum Gasteiger partial charge on any atom is 0.252 e. The minimum Gasteiger partial charge on any atom is -0.454 e. The van der Waals surface area contributed by atoms with Crippen LogP contribution in [0.15, 0.2) is 36.4 Å². The fourth-order valence-electron chi connectivity index (χ4n) is 4.86. The van der Waals surface area contributed by atoms with Crippen molar-refractivity contribution in [2.45, 2.75) is 38.4 Å². The van der Waals surface area contributed by atoms with Gasteiger partial charge in [-0.15, -0.1) is 0 Å². The number of nitrogens with zero attached hydrogens (tertiary/aromatic N) is 2. The number of piperazine rings is 1. The highest BCUT2D eigenvalue weighted by Gasteiger charge is 2.41. The van der Waals surface area contributed by atoms with Gasteiger partial charge in [0.25, 0.3) is 5.91 Å². The van der Waals surface area contributed by atoms with E-state index in [1.54, 1.807) is 0 Å². The van der Waals surface area contributed by atoms with Crippen molar-refractivity contribution in [3.8, 4) is 11.5 Å². The van der Waals surface area contributed by atoms with Crippen molar-refractivity contribution < 1.29 is 14.3 Å². The van der Waals surface area contributed by atoms with Gasteiger partial charge >= 0.3 is 0 Å². The van der Waals surface area contributed by atoms with Crippen LogP contribution in [0.2, 0.25) is 0 Å². The summed E-state index contributed by atoms with van der Waals surface area (Å²) < 4.78 is 11.1. The molecule has 3 heterocycles. The van der Waals surface area contributed by atoms with Crippen LogP contribution in [0.1, 0.15) is 40.9 Å². The second kappa shape index (κ2) is 6.95. The van der Waals surface area contributed by atoms with Gasteiger partial charge in [0, 0.05) is 42.0 Å². The lowest BCUT2D eigenvalue weighted by atomic mass is 10.0. The van der Waals surface area contributed by atoms with Crippen LogP contribution in [-0.2, 0) is 0 Å². The Balaban J connectivity index is 1.36. The summed E-state index contributed by atoms with van der Waals surface area (Å²) in [6.07, 6.45) is 1.21. The van der Waals surface area contributed by atoms with Crippen molar-refractivity contribution in [3.63, 3.8) is 0 Å². The van der Waals surface area contributed by atoms with E-state index in [9.17, 15) is 4.79 Å². The van der Waals surface area contributed by atoms with Gasteiger partial charge in [0.15, 0.2) is 11.5 Å². The highest BCUT2D eigenvalue weighted by molar-refractivity contribution is 5.97. The topological polar surface area (TPSA) is 54.0 Å². The van der Waals surface area contributed by atoms with Crippen molar-refractivity contribution >= 4 is 11.6 Å². The Morgan fingerprint density at radius 1 is 1.17 bits per heavy atom. The Labute approximate surface area is 171 Å². The second-order valence-corrected chi connectivity index (χ2v) is 8.41. The number of nitrogens with one attached hydrogen (secondary N) is 1. The van der Waals surface area contributed by atoms with Crippen molar-refractivity contribution in [1.82, 2.24) is 10.2 Å². The third kappa shape index (κ3) is 3.12. The molecule has 2 bridgehead atoms. The third-order valence-electron chi connectivity index (χ3n) is 6.55. The Morgan fingerprint density at radius 2 is 2.03 bits per heavy atom. The summed E-state index contributed by atoms with van der Waals surface area (Å²) in [6, 6.07) is 13.0. The van der Waals surface area contributed by atoms with Gasteiger partial charge in [-0.05, 0) is 51.1 Å². The summed E-state index contributed by atoms with van der Waals surface area (Å²) in [7, 11) is 2.20. The standard InChI is InChI=1S/C23H27N3O3/c1-14-7-8-16(26-12-17-9-18(26)11-25(17)3)10-20(14)23(27)24-15(2)19-5-4-6-21-22(19)29-13-28-21/h4-8,10,15,17-18H,9,11-13H2,1-3H3,(H,24,27)/t15-,17-,18-/m1/s1. The molecule has 0 spiro atoms. The number of anilines is 1. The number of amides is 1. The maximum atomic E-state index is 13.1. The van der Waals surface area contributed by atoms with Gasteiger partial charge in [-0.1, -0.05) is 18.2 Å². The summed E-state index contributed by atoms with van der Waals surface area (Å²) in [5, 5.41) is 3.14. The minimum atomic E-state index is -0.182. The maximum absolute atomic E-state index is 13.1. The highest BCUT2D eigenvalue weighted by Crippen LogP contribution is 2.38. The van der Waals surface area contributed by atoms with E-state index in [1.165, 1.54) is 6.42 Å². The number of benzene rings is 2. The predicted molar refractivity (Wildman–Crippen MR) is 112 cm³/mol. The summed E-state index contributed by atoms with van der Waals surface area (Å²) >= 11 is 0. The number of rotatable bonds is 4. The van der Waals surface area contributed by atoms with Gasteiger partial charge in [0.2, 0.25) is 6.79 Å². The average Bonchev–Trinajstić information content (AvgIpc) is 3.42. The molecule has 2 fully saturated rings. The van der Waals surface area contributed by atoms with Crippen LogP contribution in [-0.4, -0.2) is 49.8 Å². The zero-order valence-electron chi connectivity index (χ0n) is 17.1. The summed E-state index contributed by atoms with van der Waals surface area (Å²) in [5.41, 5.74) is 3.79. The number of carbonyl (C=O) groups excluding carboxylic acids is 1. The molecule has 0 unspecified atom stereocenters. The quantitative estimate of drug-likeness (QED) is 0.865. The molecule has 3 atom stereocenters. The normalized spacial score (nSPS) is 23.5. The number of likely N-dealkylation sites (tertiary alicyclic amines) is 1. The Hall–Kier alpha value is -2.73. The van der Waals surface area contributed by atoms with E-state index in [2.05, 4.69) is 34.3 Å². The highest BCUT2D eigenvalue weighted by atomic mass is 16.7. The number of carbonyl (C=O) groups is 1. The lowest BCUT2D eigenvalue weighted by Crippen LogP contribution is -2.44. The molecule has 0 radical (unpaired) electrons. The van der Waals surface area contributed by atoms with Crippen LogP contribution in [0.5, 0.6) is 11.5 Å². The lowest BCUT2D eigenvalue weighted by molar-refractivity contribution is 0.0938. The fraction of sp³-hybridized carbons (Fsp3) is 0.435. The number of para-hydroxylation sites is 1. The first-order valence-corrected chi connectivity index (χ1v) is 10.3. The average molecular weight is 393 g/mol. The Kier molecular flexibility index (Phi) is 4.39. The molecular formula is C23H27N3O3. The van der Waals surface area contributed by atoms with E-state index in [-0.39, 0.29) is 18.7 Å².